The summed E-state index contributed by atoms with van der Waals surface area (Å²) >= 11 is 3.01. The van der Waals surface area contributed by atoms with E-state index in [9.17, 15) is 9.18 Å². The molecule has 0 saturated heterocycles. The zero-order valence-corrected chi connectivity index (χ0v) is 7.98. The maximum Gasteiger partial charge on any atom is 0.221 e. The van der Waals surface area contributed by atoms with Gasteiger partial charge in [-0.05, 0) is 34.1 Å². The van der Waals surface area contributed by atoms with E-state index in [-0.39, 0.29) is 11.7 Å². The summed E-state index contributed by atoms with van der Waals surface area (Å²) in [6, 6.07) is 4.30. The number of hydrogen-bond acceptors (Lipinski definition) is 1. The van der Waals surface area contributed by atoms with Crippen molar-refractivity contribution in [1.82, 2.24) is 0 Å². The molecule has 0 aliphatic heterocycles. The summed E-state index contributed by atoms with van der Waals surface area (Å²) in [5.41, 5.74) is 0.579. The van der Waals surface area contributed by atoms with E-state index in [2.05, 4.69) is 21.2 Å². The van der Waals surface area contributed by atoms with Crippen LogP contribution in [0.5, 0.6) is 0 Å². The third-order valence-electron chi connectivity index (χ3n) is 1.24. The van der Waals surface area contributed by atoms with Gasteiger partial charge in [0.15, 0.2) is 0 Å². The molecule has 2 nitrogen and oxygen atoms in total. The minimum absolute atomic E-state index is 0.173. The molecular weight excluding hydrogens is 225 g/mol. The van der Waals surface area contributed by atoms with Gasteiger partial charge in [0.05, 0.1) is 4.47 Å². The standard InChI is InChI=1S/C8H7BrFNO/c1-5(12)11-6-2-3-8(10)7(9)4-6/h2-4H,1H3,(H,11,12). The van der Waals surface area contributed by atoms with Gasteiger partial charge in [-0.25, -0.2) is 4.39 Å². The summed E-state index contributed by atoms with van der Waals surface area (Å²) in [5, 5.41) is 2.54. The predicted octanol–water partition coefficient (Wildman–Crippen LogP) is 2.55. The van der Waals surface area contributed by atoms with Gasteiger partial charge in [0, 0.05) is 12.6 Å². The molecule has 1 amide bonds. The third-order valence-corrected chi connectivity index (χ3v) is 1.85. The first-order valence-corrected chi connectivity index (χ1v) is 4.11. The molecule has 0 saturated carbocycles. The minimum atomic E-state index is -0.343. The molecule has 0 spiro atoms. The Morgan fingerprint density at radius 1 is 1.58 bits per heavy atom. The van der Waals surface area contributed by atoms with Gasteiger partial charge in [-0.15, -0.1) is 0 Å². The normalized spacial score (nSPS) is 9.58. The van der Waals surface area contributed by atoms with E-state index in [0.29, 0.717) is 10.2 Å². The van der Waals surface area contributed by atoms with Crippen molar-refractivity contribution in [2.24, 2.45) is 0 Å². The van der Waals surface area contributed by atoms with Crippen molar-refractivity contribution in [3.8, 4) is 0 Å². The van der Waals surface area contributed by atoms with Crippen molar-refractivity contribution < 1.29 is 9.18 Å². The lowest BCUT2D eigenvalue weighted by atomic mass is 10.3. The summed E-state index contributed by atoms with van der Waals surface area (Å²) in [6.07, 6.45) is 0. The van der Waals surface area contributed by atoms with Crippen LogP contribution in [0.25, 0.3) is 0 Å². The molecule has 64 valence electrons. The van der Waals surface area contributed by atoms with Gasteiger partial charge in [0.1, 0.15) is 5.82 Å². The molecule has 0 aliphatic rings. The van der Waals surface area contributed by atoms with E-state index < -0.39 is 0 Å². The lowest BCUT2D eigenvalue weighted by Gasteiger charge is -2.01. The number of benzene rings is 1. The summed E-state index contributed by atoms with van der Waals surface area (Å²) in [6.45, 7) is 1.40. The van der Waals surface area contributed by atoms with Gasteiger partial charge in [-0.2, -0.15) is 0 Å². The highest BCUT2D eigenvalue weighted by Crippen LogP contribution is 2.19. The number of anilines is 1. The maximum atomic E-state index is 12.7. The van der Waals surface area contributed by atoms with Crippen LogP contribution in [0.2, 0.25) is 0 Å². The van der Waals surface area contributed by atoms with Crippen molar-refractivity contribution >= 4 is 27.5 Å². The highest BCUT2D eigenvalue weighted by atomic mass is 79.9. The highest BCUT2D eigenvalue weighted by Gasteiger charge is 2.00. The van der Waals surface area contributed by atoms with Crippen LogP contribution in [-0.4, -0.2) is 5.91 Å². The van der Waals surface area contributed by atoms with Crippen LogP contribution < -0.4 is 5.32 Å². The SMILES string of the molecule is CC(=O)Nc1ccc(F)c(Br)c1. The Balaban J connectivity index is 2.89. The predicted molar refractivity (Wildman–Crippen MR) is 48.4 cm³/mol. The van der Waals surface area contributed by atoms with E-state index >= 15 is 0 Å². The van der Waals surface area contributed by atoms with Crippen molar-refractivity contribution in [3.63, 3.8) is 0 Å². The van der Waals surface area contributed by atoms with E-state index in [4.69, 9.17) is 0 Å². The Kier molecular flexibility index (Phi) is 2.81. The quantitative estimate of drug-likeness (QED) is 0.791. The van der Waals surface area contributed by atoms with Crippen LogP contribution in [0.1, 0.15) is 6.92 Å². The fourth-order valence-corrected chi connectivity index (χ4v) is 1.16. The second-order valence-electron chi connectivity index (χ2n) is 2.31. The first kappa shape index (κ1) is 9.19. The molecule has 0 atom stereocenters. The number of hydrogen-bond donors (Lipinski definition) is 1. The van der Waals surface area contributed by atoms with Crippen LogP contribution >= 0.6 is 15.9 Å². The largest absolute Gasteiger partial charge is 0.326 e. The summed E-state index contributed by atoms with van der Waals surface area (Å²) in [7, 11) is 0. The molecule has 0 radical (unpaired) electrons. The fraction of sp³-hybridized carbons (Fsp3) is 0.125. The highest BCUT2D eigenvalue weighted by molar-refractivity contribution is 9.10. The lowest BCUT2D eigenvalue weighted by Crippen LogP contribution is -2.05. The molecule has 1 aromatic rings. The van der Waals surface area contributed by atoms with Crippen LogP contribution in [0.15, 0.2) is 22.7 Å². The molecule has 1 rings (SSSR count). The van der Waals surface area contributed by atoms with E-state index in [0.717, 1.165) is 0 Å². The average molecular weight is 232 g/mol. The number of halogens is 2. The minimum Gasteiger partial charge on any atom is -0.326 e. The van der Waals surface area contributed by atoms with Gasteiger partial charge in [-0.3, -0.25) is 4.79 Å². The molecule has 0 unspecified atom stereocenters. The van der Waals surface area contributed by atoms with Gasteiger partial charge < -0.3 is 5.32 Å². The van der Waals surface area contributed by atoms with Crippen LogP contribution in [0, 0.1) is 5.82 Å². The van der Waals surface area contributed by atoms with Crippen LogP contribution in [0.4, 0.5) is 10.1 Å². The molecule has 12 heavy (non-hydrogen) atoms. The Morgan fingerprint density at radius 2 is 2.25 bits per heavy atom. The van der Waals surface area contributed by atoms with Crippen molar-refractivity contribution in [2.45, 2.75) is 6.92 Å². The zero-order chi connectivity index (χ0) is 9.14. The number of rotatable bonds is 1. The molecular formula is C8H7BrFNO. The lowest BCUT2D eigenvalue weighted by molar-refractivity contribution is -0.114. The molecule has 1 N–H and O–H groups in total. The van der Waals surface area contributed by atoms with Gasteiger partial charge in [-0.1, -0.05) is 0 Å². The number of amides is 1. The van der Waals surface area contributed by atoms with Gasteiger partial charge >= 0.3 is 0 Å². The Bertz CT molecular complexity index is 314. The second-order valence-corrected chi connectivity index (χ2v) is 3.16. The maximum absolute atomic E-state index is 12.7. The van der Waals surface area contributed by atoms with Gasteiger partial charge in [0.2, 0.25) is 5.91 Å². The summed E-state index contributed by atoms with van der Waals surface area (Å²) in [4.78, 5) is 10.6. The van der Waals surface area contributed by atoms with Crippen LogP contribution in [-0.2, 0) is 4.79 Å². The average Bonchev–Trinajstić information content (AvgIpc) is 1.96. The second kappa shape index (κ2) is 3.67. The smallest absolute Gasteiger partial charge is 0.221 e. The van der Waals surface area contributed by atoms with Crippen LogP contribution in [0.3, 0.4) is 0 Å². The van der Waals surface area contributed by atoms with Crippen molar-refractivity contribution in [1.29, 1.82) is 0 Å². The van der Waals surface area contributed by atoms with Gasteiger partial charge in [0.25, 0.3) is 0 Å². The van der Waals surface area contributed by atoms with Crippen molar-refractivity contribution in [3.05, 3.63) is 28.5 Å². The number of nitrogens with one attached hydrogen (secondary N) is 1. The number of carbonyl (C=O) groups is 1. The molecule has 0 aliphatic carbocycles. The third kappa shape index (κ3) is 2.30. The summed E-state index contributed by atoms with van der Waals surface area (Å²) in [5.74, 6) is -0.516. The molecule has 0 bridgehead atoms. The van der Waals surface area contributed by atoms with E-state index in [1.807, 2.05) is 0 Å². The number of carbonyl (C=O) groups excluding carboxylic acids is 1. The molecule has 4 heteroatoms. The topological polar surface area (TPSA) is 29.1 Å². The molecule has 0 heterocycles. The van der Waals surface area contributed by atoms with E-state index in [1.165, 1.54) is 25.1 Å². The Labute approximate surface area is 77.9 Å². The fourth-order valence-electron chi connectivity index (χ4n) is 0.777. The molecule has 0 fully saturated rings. The summed E-state index contributed by atoms with van der Waals surface area (Å²) < 4.78 is 13.0. The first-order valence-electron chi connectivity index (χ1n) is 3.32. The first-order chi connectivity index (χ1) is 5.59. The van der Waals surface area contributed by atoms with Crippen molar-refractivity contribution in [2.75, 3.05) is 5.32 Å². The molecule has 0 aromatic heterocycles. The zero-order valence-electron chi connectivity index (χ0n) is 6.40. The Hall–Kier alpha value is -0.900. The van der Waals surface area contributed by atoms with E-state index in [1.54, 1.807) is 0 Å². The monoisotopic (exact) mass is 231 g/mol. The molecule has 1 aromatic carbocycles. The Morgan fingerprint density at radius 3 is 2.75 bits per heavy atom.